The summed E-state index contributed by atoms with van der Waals surface area (Å²) < 4.78 is 33.1. The summed E-state index contributed by atoms with van der Waals surface area (Å²) in [6.07, 6.45) is -1.55. The van der Waals surface area contributed by atoms with Gasteiger partial charge in [0, 0.05) is 24.3 Å². The van der Waals surface area contributed by atoms with Crippen molar-refractivity contribution in [2.24, 2.45) is 11.5 Å². The Labute approximate surface area is 209 Å². The molecule has 0 bridgehead atoms. The van der Waals surface area contributed by atoms with Crippen LogP contribution in [-0.2, 0) is 22.7 Å². The second-order valence-corrected chi connectivity index (χ2v) is 8.59. The number of carbonyl (C=O) groups excluding carboxylic acids is 1. The van der Waals surface area contributed by atoms with Gasteiger partial charge >= 0.3 is 12.1 Å². The number of aromatic nitrogens is 2. The smallest absolute Gasteiger partial charge is 0.475 e. The van der Waals surface area contributed by atoms with Crippen molar-refractivity contribution in [3.8, 4) is 0 Å². The number of amides is 1. The Morgan fingerprint density at radius 2 is 1.75 bits per heavy atom. The normalized spacial score (nSPS) is 17.5. The van der Waals surface area contributed by atoms with Crippen molar-refractivity contribution >= 4 is 35.0 Å². The van der Waals surface area contributed by atoms with E-state index >= 15 is 0 Å². The summed E-state index contributed by atoms with van der Waals surface area (Å²) in [6.45, 7) is 1.94. The summed E-state index contributed by atoms with van der Waals surface area (Å²) in [6, 6.07) is 7.56. The van der Waals surface area contributed by atoms with E-state index in [9.17, 15) is 22.8 Å². The van der Waals surface area contributed by atoms with Gasteiger partial charge in [0.1, 0.15) is 6.54 Å². The zero-order chi connectivity index (χ0) is 27.0. The fourth-order valence-electron chi connectivity index (χ4n) is 3.43. The molecule has 0 aliphatic heterocycles. The molecule has 14 heteroatoms. The third-order valence-corrected chi connectivity index (χ3v) is 5.85. The van der Waals surface area contributed by atoms with Crippen molar-refractivity contribution in [3.63, 3.8) is 0 Å². The standard InChI is InChI=1S/C20H27ClN6O2.C2HF3O2/c1-12-18(21)26-19(25-16-8-4-14(23)5-9-16)20(29)27(12)11-17(28)24-15-6-2-13(10-22)3-7-15;3-2(4,5)1(6)7/h2-3,6-7,14,16H,4-5,8-11,22-23H2,1H3,(H,24,28)(H,25,26);(H,6,7). The Kier molecular flexibility index (Phi) is 10.3. The van der Waals surface area contributed by atoms with Crippen molar-refractivity contribution in [3.05, 3.63) is 51.0 Å². The lowest BCUT2D eigenvalue weighted by molar-refractivity contribution is -0.192. The largest absolute Gasteiger partial charge is 0.490 e. The molecule has 1 fully saturated rings. The maximum absolute atomic E-state index is 12.9. The minimum absolute atomic E-state index is 0.122. The van der Waals surface area contributed by atoms with Gasteiger partial charge < -0.3 is 27.2 Å². The van der Waals surface area contributed by atoms with Gasteiger partial charge in [-0.15, -0.1) is 0 Å². The Morgan fingerprint density at radius 3 is 2.25 bits per heavy atom. The number of halogens is 4. The number of benzene rings is 1. The maximum atomic E-state index is 12.9. The average Bonchev–Trinajstić information content (AvgIpc) is 2.82. The van der Waals surface area contributed by atoms with Gasteiger partial charge in [0.2, 0.25) is 5.91 Å². The molecular formula is C22H28ClF3N6O4. The van der Waals surface area contributed by atoms with Gasteiger partial charge in [-0.2, -0.15) is 13.2 Å². The van der Waals surface area contributed by atoms with Crippen molar-refractivity contribution < 1.29 is 27.9 Å². The molecular weight excluding hydrogens is 505 g/mol. The quantitative estimate of drug-likeness (QED) is 0.378. The first-order valence-electron chi connectivity index (χ1n) is 11.0. The van der Waals surface area contributed by atoms with Crippen LogP contribution in [0.25, 0.3) is 0 Å². The number of carboxylic acid groups (broad SMARTS) is 1. The Morgan fingerprint density at radius 1 is 1.19 bits per heavy atom. The summed E-state index contributed by atoms with van der Waals surface area (Å²) in [5.74, 6) is -2.92. The molecule has 0 saturated heterocycles. The molecule has 1 saturated carbocycles. The molecule has 3 rings (SSSR count). The SMILES string of the molecule is Cc1c(Cl)nc(NC2CCC(N)CC2)c(=O)n1CC(=O)Nc1ccc(CN)cc1.O=C(O)C(F)(F)F. The molecule has 0 radical (unpaired) electrons. The molecule has 36 heavy (non-hydrogen) atoms. The molecule has 1 aromatic heterocycles. The summed E-state index contributed by atoms with van der Waals surface area (Å²) in [4.78, 5) is 38.5. The Bertz CT molecular complexity index is 1120. The molecule has 1 aromatic carbocycles. The van der Waals surface area contributed by atoms with Crippen LogP contribution in [0.4, 0.5) is 24.7 Å². The number of rotatable bonds is 6. The number of anilines is 2. The van der Waals surface area contributed by atoms with Crippen LogP contribution in [0.3, 0.4) is 0 Å². The van der Waals surface area contributed by atoms with Gasteiger partial charge in [0.05, 0.1) is 5.69 Å². The average molecular weight is 533 g/mol. The molecule has 10 nitrogen and oxygen atoms in total. The molecule has 1 aliphatic carbocycles. The number of hydrogen-bond acceptors (Lipinski definition) is 7. The van der Waals surface area contributed by atoms with E-state index in [1.54, 1.807) is 19.1 Å². The number of nitrogens with one attached hydrogen (secondary N) is 2. The molecule has 1 amide bonds. The van der Waals surface area contributed by atoms with E-state index in [-0.39, 0.29) is 41.1 Å². The molecule has 198 valence electrons. The first-order chi connectivity index (χ1) is 16.8. The van der Waals surface area contributed by atoms with Gasteiger partial charge in [-0.05, 0) is 50.3 Å². The predicted octanol–water partition coefficient (Wildman–Crippen LogP) is 2.62. The number of carboxylic acids is 1. The lowest BCUT2D eigenvalue weighted by atomic mass is 9.92. The maximum Gasteiger partial charge on any atom is 0.490 e. The Balaban J connectivity index is 0.000000572. The third-order valence-electron chi connectivity index (χ3n) is 5.49. The fourth-order valence-corrected chi connectivity index (χ4v) is 3.61. The second-order valence-electron chi connectivity index (χ2n) is 8.24. The first kappa shape index (κ1) is 29.1. The van der Waals surface area contributed by atoms with E-state index in [1.807, 2.05) is 12.1 Å². The van der Waals surface area contributed by atoms with E-state index in [1.165, 1.54) is 4.57 Å². The molecule has 2 aromatic rings. The molecule has 1 aliphatic rings. The number of hydrogen-bond donors (Lipinski definition) is 5. The van der Waals surface area contributed by atoms with Gasteiger partial charge in [-0.3, -0.25) is 14.2 Å². The number of nitrogens with zero attached hydrogens (tertiary/aromatic N) is 2. The molecule has 0 spiro atoms. The third kappa shape index (κ3) is 8.50. The van der Waals surface area contributed by atoms with Crippen molar-refractivity contribution in [1.29, 1.82) is 0 Å². The van der Waals surface area contributed by atoms with Crippen LogP contribution in [0, 0.1) is 6.92 Å². The molecule has 0 atom stereocenters. The predicted molar refractivity (Wildman–Crippen MR) is 129 cm³/mol. The first-order valence-corrected chi connectivity index (χ1v) is 11.4. The van der Waals surface area contributed by atoms with Crippen LogP contribution in [0.15, 0.2) is 29.1 Å². The van der Waals surface area contributed by atoms with E-state index < -0.39 is 12.1 Å². The minimum Gasteiger partial charge on any atom is -0.475 e. The van der Waals surface area contributed by atoms with Crippen molar-refractivity contribution in [2.45, 2.75) is 64.0 Å². The number of carbonyl (C=O) groups is 2. The van der Waals surface area contributed by atoms with Gasteiger partial charge in [-0.25, -0.2) is 9.78 Å². The van der Waals surface area contributed by atoms with Crippen molar-refractivity contribution in [2.75, 3.05) is 10.6 Å². The number of nitrogens with two attached hydrogens (primary N) is 2. The van der Waals surface area contributed by atoms with Crippen LogP contribution in [0.1, 0.15) is 36.9 Å². The molecule has 1 heterocycles. The Hall–Kier alpha value is -3.16. The zero-order valence-corrected chi connectivity index (χ0v) is 20.2. The van der Waals surface area contributed by atoms with Crippen LogP contribution >= 0.6 is 11.6 Å². The molecule has 0 unspecified atom stereocenters. The second kappa shape index (κ2) is 12.7. The van der Waals surface area contributed by atoms with Crippen LogP contribution in [0.5, 0.6) is 0 Å². The summed E-state index contributed by atoms with van der Waals surface area (Å²) >= 11 is 6.23. The fraction of sp³-hybridized carbons (Fsp3) is 0.455. The highest BCUT2D eigenvalue weighted by Crippen LogP contribution is 2.21. The van der Waals surface area contributed by atoms with Gasteiger partial charge in [0.25, 0.3) is 5.56 Å². The summed E-state index contributed by atoms with van der Waals surface area (Å²) in [7, 11) is 0. The minimum atomic E-state index is -5.08. The summed E-state index contributed by atoms with van der Waals surface area (Å²) in [5.41, 5.74) is 13.2. The number of alkyl halides is 3. The van der Waals surface area contributed by atoms with E-state index in [2.05, 4.69) is 15.6 Å². The lowest BCUT2D eigenvalue weighted by Gasteiger charge is -2.27. The zero-order valence-electron chi connectivity index (χ0n) is 19.4. The monoisotopic (exact) mass is 532 g/mol. The van der Waals surface area contributed by atoms with Crippen molar-refractivity contribution in [1.82, 2.24) is 9.55 Å². The van der Waals surface area contributed by atoms with Crippen LogP contribution < -0.4 is 27.7 Å². The highest BCUT2D eigenvalue weighted by molar-refractivity contribution is 6.30. The van der Waals surface area contributed by atoms with E-state index in [0.29, 0.717) is 17.9 Å². The molecule has 7 N–H and O–H groups in total. The van der Waals surface area contributed by atoms with Gasteiger partial charge in [0.15, 0.2) is 11.0 Å². The van der Waals surface area contributed by atoms with E-state index in [0.717, 1.165) is 31.2 Å². The van der Waals surface area contributed by atoms with Gasteiger partial charge in [-0.1, -0.05) is 23.7 Å². The van der Waals surface area contributed by atoms with E-state index in [4.69, 9.17) is 33.0 Å². The van der Waals surface area contributed by atoms with Crippen LogP contribution in [-0.4, -0.2) is 44.8 Å². The van der Waals surface area contributed by atoms with Crippen LogP contribution in [0.2, 0.25) is 5.15 Å². The lowest BCUT2D eigenvalue weighted by Crippen LogP contribution is -2.37. The topological polar surface area (TPSA) is 165 Å². The highest BCUT2D eigenvalue weighted by atomic mass is 35.5. The summed E-state index contributed by atoms with van der Waals surface area (Å²) in [5, 5.41) is 13.3. The highest BCUT2D eigenvalue weighted by Gasteiger charge is 2.38. The number of aliphatic carboxylic acids is 1.